The summed E-state index contributed by atoms with van der Waals surface area (Å²) < 4.78 is 12.1. The lowest BCUT2D eigenvalue weighted by Crippen LogP contribution is -2.04. The largest absolute Gasteiger partial charge is 0.493 e. The van der Waals surface area contributed by atoms with Gasteiger partial charge >= 0.3 is 0 Å². The lowest BCUT2D eigenvalue weighted by molar-refractivity contribution is 0.102. The fourth-order valence-corrected chi connectivity index (χ4v) is 3.14. The molecule has 0 spiro atoms. The summed E-state index contributed by atoms with van der Waals surface area (Å²) in [5.74, 6) is 1.37. The van der Waals surface area contributed by atoms with Gasteiger partial charge < -0.3 is 9.47 Å². The quantitative estimate of drug-likeness (QED) is 0.386. The number of rotatable bonds is 6. The maximum atomic E-state index is 12.4. The molecule has 0 saturated carbocycles. The summed E-state index contributed by atoms with van der Waals surface area (Å²) in [6, 6.07) is 5.13. The number of ether oxygens (including phenoxy) is 2. The van der Waals surface area contributed by atoms with E-state index in [1.807, 2.05) is 7.05 Å². The topological polar surface area (TPSA) is 79.1 Å². The fraction of sp³-hybridized carbons (Fsp3) is 0.250. The van der Waals surface area contributed by atoms with Crippen molar-refractivity contribution in [3.8, 4) is 11.5 Å². The lowest BCUT2D eigenvalue weighted by Gasteiger charge is -2.09. The summed E-state index contributed by atoms with van der Waals surface area (Å²) in [5.41, 5.74) is 1.31. The Balaban J connectivity index is 1.77. The third-order valence-corrected chi connectivity index (χ3v) is 4.54. The van der Waals surface area contributed by atoms with Crippen LogP contribution in [0.25, 0.3) is 11.0 Å². The number of hydrogen-bond acceptors (Lipinski definition) is 7. The van der Waals surface area contributed by atoms with E-state index in [-0.39, 0.29) is 11.5 Å². The molecule has 8 heteroatoms. The number of fused-ring (bicyclic) bond motifs is 1. The molecule has 24 heavy (non-hydrogen) atoms. The van der Waals surface area contributed by atoms with Gasteiger partial charge in [-0.3, -0.25) is 9.48 Å². The number of aromatic nitrogens is 4. The van der Waals surface area contributed by atoms with Gasteiger partial charge in [-0.2, -0.15) is 5.10 Å². The molecular weight excluding hydrogens is 328 g/mol. The zero-order chi connectivity index (χ0) is 17.1. The van der Waals surface area contributed by atoms with Crippen LogP contribution in [0.4, 0.5) is 0 Å². The average Bonchev–Trinajstić information content (AvgIpc) is 3.00. The summed E-state index contributed by atoms with van der Waals surface area (Å²) in [7, 11) is 4.92. The van der Waals surface area contributed by atoms with E-state index in [0.717, 1.165) is 16.1 Å². The first kappa shape index (κ1) is 16.3. The van der Waals surface area contributed by atoms with Crippen LogP contribution in [0.15, 0.2) is 35.7 Å². The molecule has 0 bridgehead atoms. The van der Waals surface area contributed by atoms with Crippen LogP contribution >= 0.6 is 11.8 Å². The van der Waals surface area contributed by atoms with E-state index in [1.165, 1.54) is 18.1 Å². The van der Waals surface area contributed by atoms with Crippen LogP contribution in [0, 0.1) is 0 Å². The van der Waals surface area contributed by atoms with E-state index in [0.29, 0.717) is 17.1 Å². The molecule has 7 nitrogen and oxygen atoms in total. The number of carbonyl (C=O) groups excluding carboxylic acids is 1. The Kier molecular flexibility index (Phi) is 4.66. The molecule has 1 aromatic carbocycles. The summed E-state index contributed by atoms with van der Waals surface area (Å²) >= 11 is 1.36. The van der Waals surface area contributed by atoms with E-state index in [4.69, 9.17) is 9.47 Å². The smallest absolute Gasteiger partial charge is 0.173 e. The Morgan fingerprint density at radius 3 is 2.75 bits per heavy atom. The summed E-state index contributed by atoms with van der Waals surface area (Å²) in [6.45, 7) is 0. The molecule has 124 valence electrons. The minimum absolute atomic E-state index is 0.0170. The van der Waals surface area contributed by atoms with Gasteiger partial charge in [0.25, 0.3) is 0 Å². The Bertz CT molecular complexity index is 894. The van der Waals surface area contributed by atoms with Gasteiger partial charge in [-0.15, -0.1) is 0 Å². The van der Waals surface area contributed by atoms with Crippen LogP contribution in [0.3, 0.4) is 0 Å². The monoisotopic (exact) mass is 344 g/mol. The van der Waals surface area contributed by atoms with Gasteiger partial charge in [-0.05, 0) is 18.2 Å². The third-order valence-electron chi connectivity index (χ3n) is 3.54. The Morgan fingerprint density at radius 1 is 1.21 bits per heavy atom. The van der Waals surface area contributed by atoms with Gasteiger partial charge in [-0.1, -0.05) is 11.8 Å². The van der Waals surface area contributed by atoms with Crippen LogP contribution in [0.1, 0.15) is 10.4 Å². The molecule has 3 aromatic rings. The summed E-state index contributed by atoms with van der Waals surface area (Å²) in [5, 5.41) is 5.74. The van der Waals surface area contributed by atoms with Crippen molar-refractivity contribution in [2.75, 3.05) is 20.0 Å². The number of aryl methyl sites for hydroxylation is 1. The zero-order valence-corrected chi connectivity index (χ0v) is 14.3. The van der Waals surface area contributed by atoms with Crippen molar-refractivity contribution in [3.05, 3.63) is 36.3 Å². The Hall–Kier alpha value is -2.61. The van der Waals surface area contributed by atoms with Crippen molar-refractivity contribution in [2.45, 2.75) is 5.03 Å². The molecule has 0 fully saturated rings. The number of ketones is 1. The normalized spacial score (nSPS) is 10.8. The summed E-state index contributed by atoms with van der Waals surface area (Å²) in [4.78, 5) is 20.9. The number of benzene rings is 1. The van der Waals surface area contributed by atoms with Gasteiger partial charge in [-0.25, -0.2) is 9.97 Å². The van der Waals surface area contributed by atoms with Crippen molar-refractivity contribution >= 4 is 28.6 Å². The van der Waals surface area contributed by atoms with Crippen LogP contribution in [-0.2, 0) is 7.05 Å². The molecule has 0 aliphatic carbocycles. The second-order valence-corrected chi connectivity index (χ2v) is 5.93. The van der Waals surface area contributed by atoms with Gasteiger partial charge in [0.05, 0.1) is 31.6 Å². The molecule has 2 aromatic heterocycles. The highest BCUT2D eigenvalue weighted by atomic mass is 32.2. The highest BCUT2D eigenvalue weighted by Crippen LogP contribution is 2.29. The van der Waals surface area contributed by atoms with E-state index in [9.17, 15) is 4.79 Å². The molecule has 0 saturated heterocycles. The van der Waals surface area contributed by atoms with Crippen LogP contribution in [-0.4, -0.2) is 45.5 Å². The van der Waals surface area contributed by atoms with Crippen molar-refractivity contribution in [1.29, 1.82) is 0 Å². The Morgan fingerprint density at radius 2 is 2.00 bits per heavy atom. The number of nitrogens with zero attached hydrogens (tertiary/aromatic N) is 4. The standard InChI is InChI=1S/C16H16N4O3S/c1-20-15-11(7-19-20)16(18-9-17-15)24-8-12(21)10-4-5-13(22-2)14(6-10)23-3/h4-7,9H,8H2,1-3H3. The molecule has 2 heterocycles. The number of Topliss-reactive ketones (excluding diaryl/α,β-unsaturated/α-hetero) is 1. The molecule has 0 radical (unpaired) electrons. The van der Waals surface area contributed by atoms with Gasteiger partial charge in [0.15, 0.2) is 22.9 Å². The van der Waals surface area contributed by atoms with E-state index in [2.05, 4.69) is 15.1 Å². The van der Waals surface area contributed by atoms with Crippen molar-refractivity contribution in [1.82, 2.24) is 19.7 Å². The molecule has 0 atom stereocenters. The lowest BCUT2D eigenvalue weighted by atomic mass is 10.1. The first-order chi connectivity index (χ1) is 11.6. The van der Waals surface area contributed by atoms with Crippen molar-refractivity contribution < 1.29 is 14.3 Å². The van der Waals surface area contributed by atoms with Gasteiger partial charge in [0.1, 0.15) is 11.4 Å². The molecule has 0 N–H and O–H groups in total. The van der Waals surface area contributed by atoms with Crippen molar-refractivity contribution in [3.63, 3.8) is 0 Å². The second kappa shape index (κ2) is 6.88. The van der Waals surface area contributed by atoms with Crippen LogP contribution in [0.5, 0.6) is 11.5 Å². The number of hydrogen-bond donors (Lipinski definition) is 0. The van der Waals surface area contributed by atoms with E-state index in [1.54, 1.807) is 43.3 Å². The minimum Gasteiger partial charge on any atom is -0.493 e. The van der Waals surface area contributed by atoms with Crippen molar-refractivity contribution in [2.24, 2.45) is 7.05 Å². The Labute approximate surface area is 143 Å². The first-order valence-electron chi connectivity index (χ1n) is 7.14. The predicted octanol–water partition coefficient (Wildman–Crippen LogP) is 2.36. The van der Waals surface area contributed by atoms with Crippen LogP contribution in [0.2, 0.25) is 0 Å². The third kappa shape index (κ3) is 3.05. The fourth-order valence-electron chi connectivity index (χ4n) is 2.28. The molecule has 0 unspecified atom stereocenters. The van der Waals surface area contributed by atoms with Gasteiger partial charge in [0.2, 0.25) is 0 Å². The highest BCUT2D eigenvalue weighted by Gasteiger charge is 2.14. The zero-order valence-electron chi connectivity index (χ0n) is 13.5. The minimum atomic E-state index is -0.0170. The predicted molar refractivity (Wildman–Crippen MR) is 90.9 cm³/mol. The molecule has 0 amide bonds. The van der Waals surface area contributed by atoms with Gasteiger partial charge in [0, 0.05) is 12.6 Å². The summed E-state index contributed by atoms with van der Waals surface area (Å²) in [6.07, 6.45) is 3.19. The molecule has 0 aliphatic heterocycles. The van der Waals surface area contributed by atoms with E-state index >= 15 is 0 Å². The second-order valence-electron chi connectivity index (χ2n) is 4.97. The number of methoxy groups -OCH3 is 2. The number of thioether (sulfide) groups is 1. The molecule has 3 rings (SSSR count). The molecule has 0 aliphatic rings. The SMILES string of the molecule is COc1ccc(C(=O)CSc2ncnc3c2cnn3C)cc1OC. The maximum absolute atomic E-state index is 12.4. The maximum Gasteiger partial charge on any atom is 0.173 e. The average molecular weight is 344 g/mol. The first-order valence-corrected chi connectivity index (χ1v) is 8.13. The molecular formula is C16H16N4O3S. The van der Waals surface area contributed by atoms with E-state index < -0.39 is 0 Å². The number of carbonyl (C=O) groups is 1. The van der Waals surface area contributed by atoms with Crippen LogP contribution < -0.4 is 9.47 Å². The highest BCUT2D eigenvalue weighted by molar-refractivity contribution is 8.00.